The van der Waals surface area contributed by atoms with Crippen LogP contribution in [0.25, 0.3) is 0 Å². The minimum absolute atomic E-state index is 0.916. The zero-order chi connectivity index (χ0) is 7.84. The summed E-state index contributed by atoms with van der Waals surface area (Å²) in [5.74, 6) is 1.86. The van der Waals surface area contributed by atoms with Crippen LogP contribution in [0.3, 0.4) is 0 Å². The summed E-state index contributed by atoms with van der Waals surface area (Å²) >= 11 is 1.71. The van der Waals surface area contributed by atoms with Crippen LogP contribution in [0.15, 0.2) is 23.8 Å². The molecule has 11 heavy (non-hydrogen) atoms. The number of fused-ring (bicyclic) bond motifs is 1. The van der Waals surface area contributed by atoms with Crippen LogP contribution in [0.1, 0.15) is 19.8 Å². The summed E-state index contributed by atoms with van der Waals surface area (Å²) in [4.78, 5) is 0. The average Bonchev–Trinajstić information content (AvgIpc) is 2.30. The zero-order valence-corrected chi connectivity index (χ0v) is 9.34. The molecule has 2 aliphatic carbocycles. The molecule has 0 aromatic rings. The quantitative estimate of drug-likeness (QED) is 0.593. The molecule has 0 aromatic heterocycles. The first-order chi connectivity index (χ1) is 5.29. The predicted molar refractivity (Wildman–Crippen MR) is 42.9 cm³/mol. The first kappa shape index (κ1) is 7.98. The van der Waals surface area contributed by atoms with Crippen molar-refractivity contribution >= 4 is 0 Å². The van der Waals surface area contributed by atoms with Crippen molar-refractivity contribution in [2.24, 2.45) is 11.8 Å². The van der Waals surface area contributed by atoms with Crippen molar-refractivity contribution in [3.63, 3.8) is 0 Å². The van der Waals surface area contributed by atoms with Gasteiger partial charge in [-0.2, -0.15) is 0 Å². The van der Waals surface area contributed by atoms with Crippen LogP contribution in [0.5, 0.6) is 0 Å². The van der Waals surface area contributed by atoms with Gasteiger partial charge in [0.15, 0.2) is 0 Å². The van der Waals surface area contributed by atoms with Gasteiger partial charge in [0, 0.05) is 0 Å². The number of allylic oxidation sites excluding steroid dienone is 4. The van der Waals surface area contributed by atoms with E-state index in [1.807, 2.05) is 0 Å². The second kappa shape index (κ2) is 3.01. The molecule has 3 unspecified atom stereocenters. The Morgan fingerprint density at radius 1 is 1.55 bits per heavy atom. The monoisotopic (exact) mass is 223 g/mol. The van der Waals surface area contributed by atoms with Gasteiger partial charge in [0.1, 0.15) is 0 Å². The first-order valence-electron chi connectivity index (χ1n) is 4.37. The molecule has 2 aliphatic rings. The fourth-order valence-electron chi connectivity index (χ4n) is 2.20. The number of hydrogen-bond acceptors (Lipinski definition) is 0. The molecule has 0 heterocycles. The van der Waals surface area contributed by atoms with E-state index in [9.17, 15) is 0 Å². The molecule has 0 spiro atoms. The Morgan fingerprint density at radius 3 is 3.09 bits per heavy atom. The molecular formula is C10H13Zr. The molecule has 0 aromatic carbocycles. The second-order valence-electron chi connectivity index (χ2n) is 3.72. The maximum absolute atomic E-state index is 2.40. The van der Waals surface area contributed by atoms with Crippen molar-refractivity contribution in [2.75, 3.05) is 0 Å². The third-order valence-electron chi connectivity index (χ3n) is 2.90. The summed E-state index contributed by atoms with van der Waals surface area (Å²) in [6.07, 6.45) is 9.65. The third-order valence-corrected chi connectivity index (χ3v) is 5.12. The molecule has 1 saturated carbocycles. The van der Waals surface area contributed by atoms with E-state index in [1.165, 1.54) is 12.8 Å². The normalized spacial score (nSPS) is 41.8. The fraction of sp³-hybridized carbons (Fsp3) is 0.600. The van der Waals surface area contributed by atoms with E-state index in [0.717, 1.165) is 15.5 Å². The third kappa shape index (κ3) is 1.33. The maximum atomic E-state index is 2.40. The van der Waals surface area contributed by atoms with Crippen LogP contribution in [0.2, 0.25) is 3.63 Å². The first-order valence-corrected chi connectivity index (χ1v) is 5.78. The molecule has 0 N–H and O–H groups in total. The molecule has 0 saturated heterocycles. The Labute approximate surface area is 83.6 Å². The summed E-state index contributed by atoms with van der Waals surface area (Å²) in [6.45, 7) is 2.40. The molecule has 0 nitrogen and oxygen atoms in total. The van der Waals surface area contributed by atoms with Crippen LogP contribution in [-0.2, 0) is 24.7 Å². The second-order valence-corrected chi connectivity index (χ2v) is 5.25. The van der Waals surface area contributed by atoms with E-state index >= 15 is 0 Å². The number of rotatable bonds is 0. The fourth-order valence-corrected chi connectivity index (χ4v) is 3.35. The van der Waals surface area contributed by atoms with Gasteiger partial charge in [-0.1, -0.05) is 0 Å². The van der Waals surface area contributed by atoms with Gasteiger partial charge in [0.05, 0.1) is 0 Å². The van der Waals surface area contributed by atoms with E-state index in [4.69, 9.17) is 0 Å². The summed E-state index contributed by atoms with van der Waals surface area (Å²) < 4.78 is 0.928. The van der Waals surface area contributed by atoms with E-state index in [2.05, 4.69) is 25.2 Å². The Kier molecular flexibility index (Phi) is 2.19. The van der Waals surface area contributed by atoms with E-state index < -0.39 is 0 Å². The minimum atomic E-state index is 0.916. The van der Waals surface area contributed by atoms with E-state index in [1.54, 1.807) is 30.3 Å². The molecule has 3 atom stereocenters. The molecule has 2 rings (SSSR count). The van der Waals surface area contributed by atoms with Crippen LogP contribution in [0, 0.1) is 11.8 Å². The van der Waals surface area contributed by atoms with Gasteiger partial charge < -0.3 is 0 Å². The summed E-state index contributed by atoms with van der Waals surface area (Å²) in [5, 5.41) is 0. The standard InChI is InChI=1S/C10H13.Zr/c1-8-6-9-4-2-3-5-10(9)7-8;/h2-4,6,8,10H,5,7H2,1H3;. The zero-order valence-electron chi connectivity index (χ0n) is 6.88. The van der Waals surface area contributed by atoms with Crippen LogP contribution < -0.4 is 0 Å². The van der Waals surface area contributed by atoms with Gasteiger partial charge in [-0.25, -0.2) is 0 Å². The van der Waals surface area contributed by atoms with Crippen molar-refractivity contribution in [2.45, 2.75) is 23.4 Å². The van der Waals surface area contributed by atoms with E-state index in [0.29, 0.717) is 0 Å². The summed E-state index contributed by atoms with van der Waals surface area (Å²) in [7, 11) is 0. The van der Waals surface area contributed by atoms with Crippen LogP contribution in [0.4, 0.5) is 0 Å². The van der Waals surface area contributed by atoms with Gasteiger partial charge in [0.2, 0.25) is 0 Å². The van der Waals surface area contributed by atoms with Crippen molar-refractivity contribution < 1.29 is 24.7 Å². The van der Waals surface area contributed by atoms with Crippen molar-refractivity contribution in [1.82, 2.24) is 0 Å². The molecule has 57 valence electrons. The number of hydrogen-bond donors (Lipinski definition) is 0. The summed E-state index contributed by atoms with van der Waals surface area (Å²) in [6, 6.07) is 0. The van der Waals surface area contributed by atoms with Crippen molar-refractivity contribution in [3.05, 3.63) is 23.8 Å². The van der Waals surface area contributed by atoms with Gasteiger partial charge in [-0.05, 0) is 0 Å². The van der Waals surface area contributed by atoms with Gasteiger partial charge in [0.25, 0.3) is 0 Å². The van der Waals surface area contributed by atoms with E-state index in [-0.39, 0.29) is 0 Å². The molecule has 0 amide bonds. The molecule has 0 radical (unpaired) electrons. The Bertz CT molecular complexity index is 211. The molecule has 1 heteroatoms. The van der Waals surface area contributed by atoms with Gasteiger partial charge in [-0.15, -0.1) is 0 Å². The van der Waals surface area contributed by atoms with Gasteiger partial charge in [-0.3, -0.25) is 0 Å². The Hall–Kier alpha value is 0.363. The molecule has 0 aliphatic heterocycles. The van der Waals surface area contributed by atoms with Crippen LogP contribution >= 0.6 is 0 Å². The van der Waals surface area contributed by atoms with Crippen molar-refractivity contribution in [1.29, 1.82) is 0 Å². The SMILES string of the molecule is CC1CC2CC=CC=C2[CH]1[Zr]. The average molecular weight is 224 g/mol. The Balaban J connectivity index is 2.25. The topological polar surface area (TPSA) is 0 Å². The summed E-state index contributed by atoms with van der Waals surface area (Å²) in [5.41, 5.74) is 1.75. The van der Waals surface area contributed by atoms with Gasteiger partial charge >= 0.3 is 83.7 Å². The molecule has 1 fully saturated rings. The molecular weight excluding hydrogens is 211 g/mol. The molecule has 0 bridgehead atoms. The van der Waals surface area contributed by atoms with Crippen molar-refractivity contribution in [3.8, 4) is 0 Å². The van der Waals surface area contributed by atoms with Crippen LogP contribution in [-0.4, -0.2) is 0 Å². The predicted octanol–water partition coefficient (Wildman–Crippen LogP) is 2.86. The Morgan fingerprint density at radius 2 is 2.36 bits per heavy atom.